The summed E-state index contributed by atoms with van der Waals surface area (Å²) in [6.07, 6.45) is 1.12. The second-order valence-corrected chi connectivity index (χ2v) is 5.40. The first-order valence-corrected chi connectivity index (χ1v) is 7.08. The van der Waals surface area contributed by atoms with Gasteiger partial charge in [-0.3, -0.25) is 19.7 Å². The minimum atomic E-state index is -0.727. The quantitative estimate of drug-likeness (QED) is 0.616. The van der Waals surface area contributed by atoms with Gasteiger partial charge in [-0.05, 0) is 26.2 Å². The lowest BCUT2D eigenvalue weighted by Gasteiger charge is -2.13. The van der Waals surface area contributed by atoms with Crippen molar-refractivity contribution in [1.82, 2.24) is 14.8 Å². The van der Waals surface area contributed by atoms with Gasteiger partial charge in [0.15, 0.2) is 0 Å². The third-order valence-electron chi connectivity index (χ3n) is 3.36. The first kappa shape index (κ1) is 19.6. The zero-order valence-corrected chi connectivity index (χ0v) is 14.2. The van der Waals surface area contributed by atoms with Crippen molar-refractivity contribution in [2.45, 2.75) is 6.54 Å². The van der Waals surface area contributed by atoms with Crippen LogP contribution in [0, 0.1) is 10.1 Å². The number of nitrogens with zero attached hydrogens (tertiary/aromatic N) is 3. The zero-order chi connectivity index (χ0) is 17.0. The van der Waals surface area contributed by atoms with Gasteiger partial charge >= 0.3 is 5.69 Å². The first-order chi connectivity index (χ1) is 10.9. The average molecular weight is 355 g/mol. The molecule has 0 unspecified atom stereocenters. The number of amides is 1. The predicted octanol–water partition coefficient (Wildman–Crippen LogP) is 1.01. The van der Waals surface area contributed by atoms with Crippen molar-refractivity contribution in [3.63, 3.8) is 0 Å². The summed E-state index contributed by atoms with van der Waals surface area (Å²) in [5.41, 5.74) is -0.689. The molecule has 1 aromatic heterocycles. The van der Waals surface area contributed by atoms with Crippen LogP contribution in [0.3, 0.4) is 0 Å². The molecular weight excluding hydrogens is 336 g/mol. The summed E-state index contributed by atoms with van der Waals surface area (Å²) in [5.74, 6) is -0.269. The van der Waals surface area contributed by atoms with Gasteiger partial charge < -0.3 is 14.8 Å². The Morgan fingerprint density at radius 2 is 2.00 bits per heavy atom. The highest BCUT2D eigenvalue weighted by Gasteiger charge is 2.18. The molecule has 1 heterocycles. The van der Waals surface area contributed by atoms with Crippen molar-refractivity contribution in [1.29, 1.82) is 0 Å². The fourth-order valence-electron chi connectivity index (χ4n) is 2.22. The maximum absolute atomic E-state index is 12.1. The van der Waals surface area contributed by atoms with E-state index in [9.17, 15) is 19.7 Å². The van der Waals surface area contributed by atoms with E-state index in [2.05, 4.69) is 5.32 Å². The molecule has 0 aliphatic carbocycles. The van der Waals surface area contributed by atoms with Gasteiger partial charge in [-0.15, -0.1) is 12.4 Å². The van der Waals surface area contributed by atoms with Crippen molar-refractivity contribution in [2.75, 3.05) is 27.2 Å². The summed E-state index contributed by atoms with van der Waals surface area (Å²) >= 11 is 0. The van der Waals surface area contributed by atoms with Crippen LogP contribution in [-0.2, 0) is 11.3 Å². The van der Waals surface area contributed by atoms with E-state index in [0.717, 1.165) is 6.20 Å². The van der Waals surface area contributed by atoms with Gasteiger partial charge in [0, 0.05) is 13.1 Å². The summed E-state index contributed by atoms with van der Waals surface area (Å²) in [6, 6.07) is 6.53. The van der Waals surface area contributed by atoms with Crippen LogP contribution in [0.4, 0.5) is 5.69 Å². The maximum Gasteiger partial charge on any atom is 0.333 e. The summed E-state index contributed by atoms with van der Waals surface area (Å²) in [4.78, 5) is 36.3. The highest BCUT2D eigenvalue weighted by Crippen LogP contribution is 2.15. The second kappa shape index (κ2) is 8.42. The lowest BCUT2D eigenvalue weighted by atomic mass is 10.2. The molecule has 0 radical (unpaired) electrons. The first-order valence-electron chi connectivity index (χ1n) is 7.08. The van der Waals surface area contributed by atoms with E-state index in [0.29, 0.717) is 18.6 Å². The molecule has 0 bridgehead atoms. The number of nitro groups is 1. The van der Waals surface area contributed by atoms with Crippen molar-refractivity contribution in [3.05, 3.63) is 50.8 Å². The number of rotatable bonds is 6. The van der Waals surface area contributed by atoms with Crippen molar-refractivity contribution < 1.29 is 9.72 Å². The molecule has 1 amide bonds. The van der Waals surface area contributed by atoms with E-state index >= 15 is 0 Å². The van der Waals surface area contributed by atoms with E-state index in [1.165, 1.54) is 10.6 Å². The van der Waals surface area contributed by atoms with Gasteiger partial charge in [0.05, 0.1) is 22.0 Å². The zero-order valence-electron chi connectivity index (χ0n) is 13.4. The molecule has 0 atom stereocenters. The topological polar surface area (TPSA) is 97.5 Å². The summed E-state index contributed by atoms with van der Waals surface area (Å²) in [5, 5.41) is 14.0. The number of pyridine rings is 1. The van der Waals surface area contributed by atoms with E-state index in [1.807, 2.05) is 19.0 Å². The fourth-order valence-corrected chi connectivity index (χ4v) is 2.22. The normalized spacial score (nSPS) is 10.5. The largest absolute Gasteiger partial charge is 0.353 e. The number of aromatic nitrogens is 1. The van der Waals surface area contributed by atoms with Crippen LogP contribution in [0.5, 0.6) is 0 Å². The van der Waals surface area contributed by atoms with Crippen LogP contribution in [0.15, 0.2) is 35.3 Å². The molecule has 1 aromatic carbocycles. The number of halogens is 1. The van der Waals surface area contributed by atoms with Gasteiger partial charge in [-0.2, -0.15) is 0 Å². The van der Waals surface area contributed by atoms with Crippen LogP contribution >= 0.6 is 12.4 Å². The van der Waals surface area contributed by atoms with Gasteiger partial charge in [0.1, 0.15) is 6.54 Å². The lowest BCUT2D eigenvalue weighted by Crippen LogP contribution is -2.33. The SMILES string of the molecule is CN(C)CCNC(=O)Cn1cc([N+](=O)[O-])c(=O)c2ccccc21.Cl. The van der Waals surface area contributed by atoms with Crippen molar-refractivity contribution in [2.24, 2.45) is 0 Å². The molecule has 0 aliphatic rings. The minimum Gasteiger partial charge on any atom is -0.353 e. The Morgan fingerprint density at radius 1 is 1.33 bits per heavy atom. The number of hydrogen-bond donors (Lipinski definition) is 1. The molecule has 0 aliphatic heterocycles. The van der Waals surface area contributed by atoms with Crippen molar-refractivity contribution in [3.8, 4) is 0 Å². The summed E-state index contributed by atoms with van der Waals surface area (Å²) in [6.45, 7) is 1.08. The molecule has 0 fully saturated rings. The molecule has 8 nitrogen and oxygen atoms in total. The predicted molar refractivity (Wildman–Crippen MR) is 93.7 cm³/mol. The number of para-hydroxylation sites is 1. The van der Waals surface area contributed by atoms with Crippen molar-refractivity contribution >= 4 is 34.9 Å². The molecular formula is C15H19ClN4O4. The number of carbonyl (C=O) groups excluding carboxylic acids is 1. The van der Waals surface area contributed by atoms with Gasteiger partial charge in [0.25, 0.3) is 5.43 Å². The Bertz CT molecular complexity index is 804. The van der Waals surface area contributed by atoms with Gasteiger partial charge in [0.2, 0.25) is 5.91 Å². The van der Waals surface area contributed by atoms with Crippen LogP contribution < -0.4 is 10.7 Å². The molecule has 130 valence electrons. The lowest BCUT2D eigenvalue weighted by molar-refractivity contribution is -0.386. The molecule has 2 aromatic rings. The minimum absolute atomic E-state index is 0. The van der Waals surface area contributed by atoms with E-state index < -0.39 is 16.0 Å². The molecule has 2 rings (SSSR count). The highest BCUT2D eigenvalue weighted by molar-refractivity contribution is 5.85. The number of carbonyl (C=O) groups is 1. The second-order valence-electron chi connectivity index (χ2n) is 5.40. The summed E-state index contributed by atoms with van der Waals surface area (Å²) in [7, 11) is 3.79. The molecule has 24 heavy (non-hydrogen) atoms. The Kier molecular flexibility index (Phi) is 6.87. The van der Waals surface area contributed by atoms with Gasteiger partial charge in [-0.25, -0.2) is 0 Å². The Balaban J connectivity index is 0.00000288. The Hall–Kier alpha value is -2.45. The highest BCUT2D eigenvalue weighted by atomic mass is 35.5. The Labute approximate surface area is 144 Å². The molecule has 0 spiro atoms. The standard InChI is InChI=1S/C15H18N4O4.ClH/c1-17(2)8-7-16-14(20)10-18-9-13(19(22)23)15(21)11-5-3-4-6-12(11)18;/h3-6,9H,7-8,10H2,1-2H3,(H,16,20);1H. The number of benzene rings is 1. The van der Waals surface area contributed by atoms with Crippen LogP contribution in [0.2, 0.25) is 0 Å². The number of hydrogen-bond acceptors (Lipinski definition) is 5. The number of likely N-dealkylation sites (N-methyl/N-ethyl adjacent to an activating group) is 1. The monoisotopic (exact) mass is 354 g/mol. The van der Waals surface area contributed by atoms with E-state index in [4.69, 9.17) is 0 Å². The van der Waals surface area contributed by atoms with Crippen LogP contribution in [0.25, 0.3) is 10.9 Å². The molecule has 1 N–H and O–H groups in total. The average Bonchev–Trinajstić information content (AvgIpc) is 2.49. The number of nitrogens with one attached hydrogen (secondary N) is 1. The molecule has 9 heteroatoms. The van der Waals surface area contributed by atoms with E-state index in [1.54, 1.807) is 18.2 Å². The molecule has 0 saturated heterocycles. The van der Waals surface area contributed by atoms with Gasteiger partial charge in [-0.1, -0.05) is 12.1 Å². The third-order valence-corrected chi connectivity index (χ3v) is 3.36. The molecule has 0 saturated carbocycles. The van der Waals surface area contributed by atoms with Crippen LogP contribution in [0.1, 0.15) is 0 Å². The van der Waals surface area contributed by atoms with Crippen LogP contribution in [-0.4, -0.2) is 47.5 Å². The van der Waals surface area contributed by atoms with E-state index in [-0.39, 0.29) is 30.2 Å². The Morgan fingerprint density at radius 3 is 2.62 bits per heavy atom. The smallest absolute Gasteiger partial charge is 0.333 e. The fraction of sp³-hybridized carbons (Fsp3) is 0.333. The maximum atomic E-state index is 12.1. The number of fused-ring (bicyclic) bond motifs is 1. The third kappa shape index (κ3) is 4.53. The summed E-state index contributed by atoms with van der Waals surface area (Å²) < 4.78 is 1.43.